The van der Waals surface area contributed by atoms with Crippen molar-refractivity contribution in [1.82, 2.24) is 19.7 Å². The molecule has 0 saturated carbocycles. The summed E-state index contributed by atoms with van der Waals surface area (Å²) in [4.78, 5) is 28.2. The summed E-state index contributed by atoms with van der Waals surface area (Å²) in [6.45, 7) is 12.7. The maximum absolute atomic E-state index is 14.2. The number of rotatable bonds is 8. The molecule has 0 spiro atoms. The molecular weight excluding hydrogens is 602 g/mol. The number of urea groups is 1. The van der Waals surface area contributed by atoms with Gasteiger partial charge in [-0.15, -0.1) is 0 Å². The second kappa shape index (κ2) is 15.9. The lowest BCUT2D eigenvalue weighted by Gasteiger charge is -2.35. The van der Waals surface area contributed by atoms with Crippen LogP contribution in [0, 0.1) is 19.8 Å². The summed E-state index contributed by atoms with van der Waals surface area (Å²) in [6.07, 6.45) is 1.43. The lowest BCUT2D eigenvalue weighted by molar-refractivity contribution is -0.00835. The number of nitrogens with zero attached hydrogens (tertiary/aromatic N) is 3. The summed E-state index contributed by atoms with van der Waals surface area (Å²) >= 11 is 0. The number of amides is 3. The van der Waals surface area contributed by atoms with Crippen LogP contribution >= 0.6 is 0 Å². The molecule has 252 valence electrons. The Labute approximate surface area is 266 Å². The molecule has 1 aliphatic rings. The first-order chi connectivity index (χ1) is 21.1. The third-order valence-electron chi connectivity index (χ3n) is 7.80. The van der Waals surface area contributed by atoms with Crippen LogP contribution < -0.4 is 15.4 Å². The van der Waals surface area contributed by atoms with Crippen LogP contribution in [0.5, 0.6) is 5.75 Å². The smallest absolute Gasteiger partial charge is 0.319 e. The number of aliphatic hydroxyl groups is 1. The van der Waals surface area contributed by atoms with Crippen molar-refractivity contribution >= 4 is 27.6 Å². The molecule has 14 heteroatoms. The van der Waals surface area contributed by atoms with Gasteiger partial charge in [0, 0.05) is 44.4 Å². The average Bonchev–Trinajstić information content (AvgIpc) is 3.31. The zero-order chi connectivity index (χ0) is 33.5. The van der Waals surface area contributed by atoms with Crippen LogP contribution in [0.1, 0.15) is 75.7 Å². The Morgan fingerprint density at radius 2 is 1.91 bits per heavy atom. The maximum Gasteiger partial charge on any atom is 0.319 e. The lowest BCUT2D eigenvalue weighted by atomic mass is 10.0. The van der Waals surface area contributed by atoms with Crippen molar-refractivity contribution in [2.75, 3.05) is 38.7 Å². The second-order valence-electron chi connectivity index (χ2n) is 12.2. The fourth-order valence-electron chi connectivity index (χ4n) is 5.24. The normalized spacial score (nSPS) is 21.2. The van der Waals surface area contributed by atoms with Gasteiger partial charge < -0.3 is 34.6 Å². The molecule has 0 unspecified atom stereocenters. The minimum atomic E-state index is -3.94. The number of aromatic nitrogens is 1. The fraction of sp³-hybridized carbons (Fsp3) is 0.645. The van der Waals surface area contributed by atoms with Gasteiger partial charge in [-0.3, -0.25) is 4.79 Å². The molecule has 3 amide bonds. The number of carbonyl (C=O) groups is 2. The number of carbonyl (C=O) groups excluding carboxylic acids is 2. The molecule has 4 atom stereocenters. The van der Waals surface area contributed by atoms with Crippen LogP contribution in [-0.4, -0.2) is 97.5 Å². The Bertz CT molecular complexity index is 1390. The zero-order valence-corrected chi connectivity index (χ0v) is 28.4. The Morgan fingerprint density at radius 1 is 1.20 bits per heavy atom. The second-order valence-corrected chi connectivity index (χ2v) is 14.2. The van der Waals surface area contributed by atoms with Gasteiger partial charge in [-0.2, -0.15) is 4.31 Å². The van der Waals surface area contributed by atoms with Crippen LogP contribution in [0.2, 0.25) is 0 Å². The highest BCUT2D eigenvalue weighted by molar-refractivity contribution is 7.89. The van der Waals surface area contributed by atoms with Gasteiger partial charge >= 0.3 is 6.03 Å². The standard InChI is InChI=1S/C31H49N5O8S/c1-19(2)32-31(39)33-25-12-13-27-26(15-25)30(38)36(21(4)18-37)16-20(3)28(42-14-10-9-11-22(5)43-27)17-35(8)45(40,41)29-23(6)34-44-24(29)7/h12-13,15,19-22,28,37H,9-11,14,16-18H2,1-8H3,(H2,32,33,39)/t20-,21+,22-,28+/m1/s1. The molecule has 1 aromatic carbocycles. The van der Waals surface area contributed by atoms with Crippen molar-refractivity contribution in [3.63, 3.8) is 0 Å². The SMILES string of the molecule is Cc1noc(C)c1S(=O)(=O)N(C)C[C@@H]1OCCCC[C@@H](C)Oc2ccc(NC(=O)NC(C)C)cc2C(=O)N([C@@H](C)CO)C[C@H]1C. The largest absolute Gasteiger partial charge is 0.490 e. The molecule has 0 bridgehead atoms. The van der Waals surface area contributed by atoms with Crippen LogP contribution in [0.4, 0.5) is 10.5 Å². The third kappa shape index (κ3) is 9.41. The fourth-order valence-corrected chi connectivity index (χ4v) is 6.71. The molecule has 45 heavy (non-hydrogen) atoms. The highest BCUT2D eigenvalue weighted by Crippen LogP contribution is 2.29. The molecule has 0 saturated heterocycles. The first-order valence-electron chi connectivity index (χ1n) is 15.5. The Balaban J connectivity index is 1.97. The summed E-state index contributed by atoms with van der Waals surface area (Å²) in [5.74, 6) is -0.153. The van der Waals surface area contributed by atoms with Gasteiger partial charge in [0.2, 0.25) is 10.0 Å². The van der Waals surface area contributed by atoms with Gasteiger partial charge in [0.15, 0.2) is 5.76 Å². The predicted octanol–water partition coefficient (Wildman–Crippen LogP) is 3.94. The number of ether oxygens (including phenoxy) is 2. The van der Waals surface area contributed by atoms with E-state index >= 15 is 0 Å². The summed E-state index contributed by atoms with van der Waals surface area (Å²) in [6, 6.07) is 3.87. The number of hydrogen-bond donors (Lipinski definition) is 3. The van der Waals surface area contributed by atoms with E-state index < -0.39 is 34.1 Å². The molecule has 2 aromatic rings. The molecule has 1 aromatic heterocycles. The van der Waals surface area contributed by atoms with Gasteiger partial charge in [-0.05, 0) is 79.0 Å². The Hall–Kier alpha value is -3.20. The maximum atomic E-state index is 14.2. The molecule has 3 rings (SSSR count). The van der Waals surface area contributed by atoms with Crippen molar-refractivity contribution in [3.05, 3.63) is 35.2 Å². The highest BCUT2D eigenvalue weighted by Gasteiger charge is 2.34. The van der Waals surface area contributed by atoms with Gasteiger partial charge in [-0.25, -0.2) is 13.2 Å². The molecule has 2 heterocycles. The van der Waals surface area contributed by atoms with E-state index in [-0.39, 0.29) is 59.7 Å². The number of sulfonamides is 1. The summed E-state index contributed by atoms with van der Waals surface area (Å²) in [5.41, 5.74) is 0.928. The van der Waals surface area contributed by atoms with Gasteiger partial charge in [0.1, 0.15) is 16.3 Å². The molecule has 0 aliphatic carbocycles. The van der Waals surface area contributed by atoms with Crippen LogP contribution in [0.25, 0.3) is 0 Å². The van der Waals surface area contributed by atoms with E-state index in [2.05, 4.69) is 15.8 Å². The molecule has 1 aliphatic heterocycles. The first kappa shape index (κ1) is 36.3. The molecular formula is C31H49N5O8S. The van der Waals surface area contributed by atoms with Crippen molar-refractivity contribution in [2.24, 2.45) is 5.92 Å². The van der Waals surface area contributed by atoms with Gasteiger partial charge in [-0.1, -0.05) is 12.1 Å². The van der Waals surface area contributed by atoms with Crippen LogP contribution in [-0.2, 0) is 14.8 Å². The molecule has 13 nitrogen and oxygen atoms in total. The van der Waals surface area contributed by atoms with E-state index in [4.69, 9.17) is 14.0 Å². The van der Waals surface area contributed by atoms with Crippen molar-refractivity contribution < 1.29 is 37.1 Å². The molecule has 3 N–H and O–H groups in total. The van der Waals surface area contributed by atoms with E-state index in [1.54, 1.807) is 43.9 Å². The van der Waals surface area contributed by atoms with Crippen LogP contribution in [0.15, 0.2) is 27.6 Å². The number of aryl methyl sites for hydroxylation is 2. The minimum Gasteiger partial charge on any atom is -0.490 e. The number of aliphatic hydroxyl groups excluding tert-OH is 1. The lowest BCUT2D eigenvalue weighted by Crippen LogP contribution is -2.48. The van der Waals surface area contributed by atoms with E-state index in [9.17, 15) is 23.1 Å². The Morgan fingerprint density at radius 3 is 2.53 bits per heavy atom. The van der Waals surface area contributed by atoms with Crippen LogP contribution in [0.3, 0.4) is 0 Å². The number of fused-ring (bicyclic) bond motifs is 1. The van der Waals surface area contributed by atoms with E-state index in [1.807, 2.05) is 27.7 Å². The van der Waals surface area contributed by atoms with E-state index in [0.29, 0.717) is 24.5 Å². The third-order valence-corrected chi connectivity index (χ3v) is 9.87. The number of likely N-dealkylation sites (N-methyl/N-ethyl adjacent to an activating group) is 1. The summed E-state index contributed by atoms with van der Waals surface area (Å²) < 4.78 is 45.9. The molecule has 0 radical (unpaired) electrons. The topological polar surface area (TPSA) is 164 Å². The number of anilines is 1. The minimum absolute atomic E-state index is 0.0260. The average molecular weight is 652 g/mol. The van der Waals surface area contributed by atoms with E-state index in [1.165, 1.54) is 11.4 Å². The number of hydrogen-bond acceptors (Lipinski definition) is 9. The first-order valence-corrected chi connectivity index (χ1v) is 16.9. The van der Waals surface area contributed by atoms with Gasteiger partial charge in [0.05, 0.1) is 30.4 Å². The predicted molar refractivity (Wildman–Crippen MR) is 170 cm³/mol. The van der Waals surface area contributed by atoms with Crippen molar-refractivity contribution in [1.29, 1.82) is 0 Å². The summed E-state index contributed by atoms with van der Waals surface area (Å²) in [5, 5.41) is 19.5. The number of benzene rings is 1. The van der Waals surface area contributed by atoms with Crippen molar-refractivity contribution in [3.8, 4) is 5.75 Å². The van der Waals surface area contributed by atoms with Gasteiger partial charge in [0.25, 0.3) is 5.91 Å². The van der Waals surface area contributed by atoms with E-state index in [0.717, 1.165) is 12.8 Å². The molecule has 0 fully saturated rings. The number of nitrogens with one attached hydrogen (secondary N) is 2. The summed E-state index contributed by atoms with van der Waals surface area (Å²) in [7, 11) is -2.45. The quantitative estimate of drug-likeness (QED) is 0.384. The Kier molecular flexibility index (Phi) is 12.8. The highest BCUT2D eigenvalue weighted by atomic mass is 32.2. The zero-order valence-electron chi connectivity index (χ0n) is 27.6. The monoisotopic (exact) mass is 651 g/mol. The van der Waals surface area contributed by atoms with Crippen molar-refractivity contribution in [2.45, 2.75) is 96.9 Å².